The number of ether oxygens (including phenoxy) is 2. The van der Waals surface area contributed by atoms with E-state index in [9.17, 15) is 22.8 Å². The van der Waals surface area contributed by atoms with Crippen molar-refractivity contribution in [1.82, 2.24) is 4.90 Å². The lowest BCUT2D eigenvalue weighted by Gasteiger charge is -2.61. The Balaban J connectivity index is 2.03. The maximum Gasteiger partial charge on any atom is 0.416 e. The van der Waals surface area contributed by atoms with Gasteiger partial charge in [0.1, 0.15) is 5.60 Å². The fourth-order valence-electron chi connectivity index (χ4n) is 6.20. The van der Waals surface area contributed by atoms with Gasteiger partial charge in [-0.1, -0.05) is 26.0 Å². The molecule has 1 aromatic carbocycles. The zero-order valence-corrected chi connectivity index (χ0v) is 23.0. The monoisotopic (exact) mass is 525 g/mol. The van der Waals surface area contributed by atoms with Crippen LogP contribution in [0.4, 0.5) is 18.0 Å². The number of hydrogen-bond acceptors (Lipinski definition) is 4. The van der Waals surface area contributed by atoms with Gasteiger partial charge in [-0.2, -0.15) is 13.2 Å². The summed E-state index contributed by atoms with van der Waals surface area (Å²) in [4.78, 5) is 27.5. The third kappa shape index (κ3) is 6.80. The Labute approximate surface area is 219 Å². The highest BCUT2D eigenvalue weighted by atomic mass is 19.4. The Morgan fingerprint density at radius 2 is 1.65 bits per heavy atom. The highest BCUT2D eigenvalue weighted by molar-refractivity contribution is 5.70. The van der Waals surface area contributed by atoms with E-state index in [-0.39, 0.29) is 23.4 Å². The summed E-state index contributed by atoms with van der Waals surface area (Å²) in [6.07, 6.45) is 0.846. The zero-order valence-electron chi connectivity index (χ0n) is 23.0. The van der Waals surface area contributed by atoms with Crippen LogP contribution < -0.4 is 0 Å². The lowest BCUT2D eigenvalue weighted by atomic mass is 9.50. The van der Waals surface area contributed by atoms with Crippen LogP contribution in [0.1, 0.15) is 103 Å². The molecular formula is C29H42F3NO4. The normalized spacial score (nSPS) is 25.7. The van der Waals surface area contributed by atoms with Gasteiger partial charge in [-0.3, -0.25) is 4.79 Å². The summed E-state index contributed by atoms with van der Waals surface area (Å²) in [7, 11) is 1.38. The molecule has 0 N–H and O–H groups in total. The van der Waals surface area contributed by atoms with Gasteiger partial charge in [0.25, 0.3) is 0 Å². The van der Waals surface area contributed by atoms with Crippen molar-refractivity contribution in [2.24, 2.45) is 11.3 Å². The van der Waals surface area contributed by atoms with Crippen LogP contribution in [0.5, 0.6) is 0 Å². The highest BCUT2D eigenvalue weighted by Gasteiger charge is 2.58. The first-order chi connectivity index (χ1) is 17.1. The van der Waals surface area contributed by atoms with Gasteiger partial charge in [0.15, 0.2) is 0 Å². The van der Waals surface area contributed by atoms with Crippen molar-refractivity contribution in [1.29, 1.82) is 0 Å². The largest absolute Gasteiger partial charge is 0.469 e. The maximum atomic E-state index is 13.6. The number of carbonyl (C=O) groups excluding carboxylic acids is 2. The number of esters is 1. The summed E-state index contributed by atoms with van der Waals surface area (Å²) in [6, 6.07) is 5.41. The van der Waals surface area contributed by atoms with Crippen LogP contribution in [0.2, 0.25) is 0 Å². The van der Waals surface area contributed by atoms with Crippen LogP contribution in [0.3, 0.4) is 0 Å². The molecule has 3 saturated carbocycles. The number of benzene rings is 1. The minimum atomic E-state index is -4.41. The second kappa shape index (κ2) is 10.9. The fraction of sp³-hybridized carbons (Fsp3) is 0.724. The summed E-state index contributed by atoms with van der Waals surface area (Å²) in [6.45, 7) is 10.3. The molecule has 4 rings (SSSR count). The van der Waals surface area contributed by atoms with Crippen LogP contribution in [0.25, 0.3) is 0 Å². The third-order valence-electron chi connectivity index (χ3n) is 8.27. The van der Waals surface area contributed by atoms with E-state index in [0.29, 0.717) is 31.7 Å². The molecule has 2 bridgehead atoms. The molecule has 37 heavy (non-hydrogen) atoms. The number of amides is 1. The maximum absolute atomic E-state index is 13.6. The molecule has 208 valence electrons. The van der Waals surface area contributed by atoms with Crippen molar-refractivity contribution in [3.63, 3.8) is 0 Å². The molecule has 0 unspecified atom stereocenters. The van der Waals surface area contributed by atoms with Gasteiger partial charge in [-0.15, -0.1) is 0 Å². The van der Waals surface area contributed by atoms with Crippen LogP contribution in [-0.4, -0.2) is 41.8 Å². The SMILES string of the molecule is COC(=O)CCC12CCC(N(CCC(C)C)C(=O)OC(C)(C)C)(CC1)[C@H](c1ccc(C(F)(F)F)cc1)C2. The van der Waals surface area contributed by atoms with Gasteiger partial charge in [0, 0.05) is 18.9 Å². The summed E-state index contributed by atoms with van der Waals surface area (Å²) in [5, 5.41) is 0. The molecular weight excluding hydrogens is 483 g/mol. The van der Waals surface area contributed by atoms with Crippen LogP contribution in [-0.2, 0) is 20.4 Å². The van der Waals surface area contributed by atoms with E-state index in [1.165, 1.54) is 7.11 Å². The molecule has 3 fully saturated rings. The molecule has 1 amide bonds. The van der Waals surface area contributed by atoms with E-state index in [1.807, 2.05) is 25.7 Å². The van der Waals surface area contributed by atoms with E-state index in [0.717, 1.165) is 49.8 Å². The van der Waals surface area contributed by atoms with Crippen LogP contribution in [0.15, 0.2) is 24.3 Å². The molecule has 5 nitrogen and oxygen atoms in total. The Morgan fingerprint density at radius 1 is 1.05 bits per heavy atom. The molecule has 0 spiro atoms. The standard InChI is InChI=1S/C29H42F3NO4/c1-20(2)12-18-33(25(35)37-26(3,4)5)28-16-14-27(15-17-28,13-11-24(34)36-6)19-23(28)21-7-9-22(10-8-21)29(30,31)32/h7-10,20,23H,11-19H2,1-6H3/t23-,27?,28?/m0/s1. The average Bonchev–Trinajstić information content (AvgIpc) is 2.81. The number of carbonyl (C=O) groups is 2. The predicted octanol–water partition coefficient (Wildman–Crippen LogP) is 7.73. The van der Waals surface area contributed by atoms with Crippen molar-refractivity contribution in [2.45, 2.75) is 109 Å². The Kier molecular flexibility index (Phi) is 8.60. The van der Waals surface area contributed by atoms with Crippen molar-refractivity contribution in [3.8, 4) is 0 Å². The van der Waals surface area contributed by atoms with Crippen molar-refractivity contribution in [3.05, 3.63) is 35.4 Å². The van der Waals surface area contributed by atoms with Crippen LogP contribution >= 0.6 is 0 Å². The molecule has 0 aromatic heterocycles. The Hall–Kier alpha value is -2.25. The number of hydrogen-bond donors (Lipinski definition) is 0. The smallest absolute Gasteiger partial charge is 0.416 e. The average molecular weight is 526 g/mol. The van der Waals surface area contributed by atoms with E-state index in [2.05, 4.69) is 13.8 Å². The Morgan fingerprint density at radius 3 is 2.14 bits per heavy atom. The number of methoxy groups -OCH3 is 1. The van der Waals surface area contributed by atoms with Crippen LogP contribution in [0, 0.1) is 11.3 Å². The first-order valence-electron chi connectivity index (χ1n) is 13.4. The molecule has 1 atom stereocenters. The summed E-state index contributed by atoms with van der Waals surface area (Å²) < 4.78 is 50.7. The lowest BCUT2D eigenvalue weighted by Crippen LogP contribution is -2.63. The number of rotatable bonds is 8. The lowest BCUT2D eigenvalue weighted by molar-refractivity contribution is -0.142. The van der Waals surface area contributed by atoms with Gasteiger partial charge >= 0.3 is 18.2 Å². The van der Waals surface area contributed by atoms with Gasteiger partial charge in [-0.25, -0.2) is 4.79 Å². The minimum Gasteiger partial charge on any atom is -0.469 e. The van der Waals surface area contributed by atoms with Crippen molar-refractivity contribution in [2.75, 3.05) is 13.7 Å². The second-order valence-electron chi connectivity index (χ2n) is 12.4. The molecule has 0 aliphatic heterocycles. The fourth-order valence-corrected chi connectivity index (χ4v) is 6.20. The van der Waals surface area contributed by atoms with E-state index in [1.54, 1.807) is 12.1 Å². The van der Waals surface area contributed by atoms with Crippen molar-refractivity contribution >= 4 is 12.1 Å². The molecule has 0 saturated heterocycles. The number of nitrogens with zero attached hydrogens (tertiary/aromatic N) is 1. The summed E-state index contributed by atoms with van der Waals surface area (Å²) in [5.41, 5.74) is -1.21. The quantitative estimate of drug-likeness (QED) is 0.326. The Bertz CT molecular complexity index is 941. The zero-order chi connectivity index (χ0) is 27.6. The number of fused-ring (bicyclic) bond motifs is 3. The minimum absolute atomic E-state index is 0.110. The number of halogens is 3. The molecule has 0 heterocycles. The first kappa shape index (κ1) is 29.3. The van der Waals surface area contributed by atoms with E-state index < -0.39 is 22.9 Å². The molecule has 3 aliphatic carbocycles. The van der Waals surface area contributed by atoms with E-state index >= 15 is 0 Å². The molecule has 8 heteroatoms. The topological polar surface area (TPSA) is 55.8 Å². The molecule has 0 radical (unpaired) electrons. The highest BCUT2D eigenvalue weighted by Crippen LogP contribution is 2.62. The first-order valence-corrected chi connectivity index (χ1v) is 13.4. The molecule has 3 aliphatic rings. The van der Waals surface area contributed by atoms with Gasteiger partial charge in [-0.05, 0) is 94.7 Å². The third-order valence-corrected chi connectivity index (χ3v) is 8.27. The summed E-state index contributed by atoms with van der Waals surface area (Å²) in [5.74, 6) is -0.0398. The summed E-state index contributed by atoms with van der Waals surface area (Å²) >= 11 is 0. The second-order valence-corrected chi connectivity index (χ2v) is 12.4. The predicted molar refractivity (Wildman–Crippen MR) is 136 cm³/mol. The van der Waals surface area contributed by atoms with Gasteiger partial charge in [0.05, 0.1) is 18.2 Å². The van der Waals surface area contributed by atoms with Gasteiger partial charge < -0.3 is 14.4 Å². The number of alkyl halides is 3. The molecule has 1 aromatic rings. The van der Waals surface area contributed by atoms with Crippen molar-refractivity contribution < 1.29 is 32.2 Å². The van der Waals surface area contributed by atoms with Gasteiger partial charge in [0.2, 0.25) is 0 Å². The van der Waals surface area contributed by atoms with E-state index in [4.69, 9.17) is 9.47 Å².